The maximum atomic E-state index is 12.6. The first kappa shape index (κ1) is 14.9. The lowest BCUT2D eigenvalue weighted by Gasteiger charge is -2.35. The van der Waals surface area contributed by atoms with Crippen LogP contribution in [-0.4, -0.2) is 24.4 Å². The molecule has 1 aromatic carbocycles. The number of carbonyl (C=O) groups is 2. The summed E-state index contributed by atoms with van der Waals surface area (Å²) in [5, 5.41) is 3.27. The van der Waals surface area contributed by atoms with Crippen LogP contribution in [0.4, 0.5) is 5.69 Å². The molecule has 1 aromatic rings. The molecule has 1 saturated heterocycles. The lowest BCUT2D eigenvalue weighted by Crippen LogP contribution is -2.60. The van der Waals surface area contributed by atoms with Gasteiger partial charge in [0.15, 0.2) is 0 Å². The number of hydrogen-bond acceptors (Lipinski definition) is 2. The maximum Gasteiger partial charge on any atom is 0.250 e. The molecule has 2 amide bonds. The quantitative estimate of drug-likeness (QED) is 0.931. The van der Waals surface area contributed by atoms with Crippen molar-refractivity contribution in [2.24, 2.45) is 5.92 Å². The SMILES string of the molecule is CCC(C)C1NC(=O)CN(c2ccc(C)cc2Cl)C1=O. The number of amides is 2. The minimum absolute atomic E-state index is 0.0224. The Morgan fingerprint density at radius 3 is 2.75 bits per heavy atom. The van der Waals surface area contributed by atoms with Crippen molar-refractivity contribution in [2.75, 3.05) is 11.4 Å². The zero-order valence-electron chi connectivity index (χ0n) is 11.9. The van der Waals surface area contributed by atoms with Gasteiger partial charge in [-0.2, -0.15) is 0 Å². The Labute approximate surface area is 124 Å². The van der Waals surface area contributed by atoms with Gasteiger partial charge in [-0.15, -0.1) is 0 Å². The highest BCUT2D eigenvalue weighted by molar-refractivity contribution is 6.34. The standard InChI is InChI=1S/C15H19ClN2O2/c1-4-10(3)14-15(20)18(8-13(19)17-14)12-6-5-9(2)7-11(12)16/h5-7,10,14H,4,8H2,1-3H3,(H,17,19). The van der Waals surface area contributed by atoms with E-state index in [4.69, 9.17) is 11.6 Å². The highest BCUT2D eigenvalue weighted by atomic mass is 35.5. The second-order valence-electron chi connectivity index (χ2n) is 5.31. The molecule has 4 nitrogen and oxygen atoms in total. The molecule has 0 aliphatic carbocycles. The van der Waals surface area contributed by atoms with Gasteiger partial charge in [0, 0.05) is 0 Å². The van der Waals surface area contributed by atoms with Crippen molar-refractivity contribution in [3.8, 4) is 0 Å². The minimum Gasteiger partial charge on any atom is -0.342 e. The van der Waals surface area contributed by atoms with E-state index in [-0.39, 0.29) is 24.3 Å². The van der Waals surface area contributed by atoms with Crippen LogP contribution in [0.3, 0.4) is 0 Å². The molecule has 1 heterocycles. The van der Waals surface area contributed by atoms with E-state index in [0.717, 1.165) is 12.0 Å². The summed E-state index contributed by atoms with van der Waals surface area (Å²) < 4.78 is 0. The third kappa shape index (κ3) is 2.80. The average molecular weight is 295 g/mol. The van der Waals surface area contributed by atoms with Crippen molar-refractivity contribution in [3.05, 3.63) is 28.8 Å². The number of hydrogen-bond donors (Lipinski definition) is 1. The number of nitrogens with zero attached hydrogens (tertiary/aromatic N) is 1. The first-order valence-electron chi connectivity index (χ1n) is 6.81. The zero-order chi connectivity index (χ0) is 14.9. The fraction of sp³-hybridized carbons (Fsp3) is 0.467. The van der Waals surface area contributed by atoms with Crippen LogP contribution in [0.25, 0.3) is 0 Å². The summed E-state index contributed by atoms with van der Waals surface area (Å²) in [5.41, 5.74) is 1.62. The van der Waals surface area contributed by atoms with Crippen LogP contribution in [0.1, 0.15) is 25.8 Å². The van der Waals surface area contributed by atoms with Gasteiger partial charge < -0.3 is 5.32 Å². The predicted molar refractivity (Wildman–Crippen MR) is 79.9 cm³/mol. The van der Waals surface area contributed by atoms with Crippen LogP contribution in [0, 0.1) is 12.8 Å². The number of aryl methyl sites for hydroxylation is 1. The number of rotatable bonds is 3. The summed E-state index contributed by atoms with van der Waals surface area (Å²) in [6, 6.07) is 5.01. The van der Waals surface area contributed by atoms with Gasteiger partial charge >= 0.3 is 0 Å². The van der Waals surface area contributed by atoms with Gasteiger partial charge in [-0.1, -0.05) is 37.9 Å². The molecule has 108 valence electrons. The third-order valence-electron chi connectivity index (χ3n) is 3.76. The summed E-state index contributed by atoms with van der Waals surface area (Å²) in [6.07, 6.45) is 0.826. The third-order valence-corrected chi connectivity index (χ3v) is 4.06. The molecular formula is C15H19ClN2O2. The van der Waals surface area contributed by atoms with Gasteiger partial charge in [-0.3, -0.25) is 14.5 Å². The Bertz CT molecular complexity index is 545. The highest BCUT2D eigenvalue weighted by Gasteiger charge is 2.36. The summed E-state index contributed by atoms with van der Waals surface area (Å²) in [6.45, 7) is 5.92. The predicted octanol–water partition coefficient (Wildman–Crippen LogP) is 2.53. The number of benzene rings is 1. The molecule has 1 aliphatic rings. The Morgan fingerprint density at radius 2 is 2.15 bits per heavy atom. The minimum atomic E-state index is -0.474. The molecule has 1 fully saturated rings. The van der Waals surface area contributed by atoms with Crippen LogP contribution >= 0.6 is 11.6 Å². The van der Waals surface area contributed by atoms with Gasteiger partial charge in [0.05, 0.1) is 10.7 Å². The summed E-state index contributed by atoms with van der Waals surface area (Å²) >= 11 is 6.21. The molecule has 0 saturated carbocycles. The van der Waals surface area contributed by atoms with Crippen LogP contribution in [0.5, 0.6) is 0 Å². The molecule has 2 rings (SSSR count). The molecule has 0 bridgehead atoms. The first-order chi connectivity index (χ1) is 9.43. The van der Waals surface area contributed by atoms with Crippen molar-refractivity contribution in [3.63, 3.8) is 0 Å². The van der Waals surface area contributed by atoms with Crippen molar-refractivity contribution < 1.29 is 9.59 Å². The maximum absolute atomic E-state index is 12.6. The number of piperazine rings is 1. The number of carbonyl (C=O) groups excluding carboxylic acids is 2. The topological polar surface area (TPSA) is 49.4 Å². The van der Waals surface area contributed by atoms with E-state index in [1.807, 2.05) is 26.8 Å². The van der Waals surface area contributed by atoms with Gasteiger partial charge in [-0.05, 0) is 30.5 Å². The molecule has 2 unspecified atom stereocenters. The van der Waals surface area contributed by atoms with E-state index in [1.165, 1.54) is 4.90 Å². The van der Waals surface area contributed by atoms with Crippen molar-refractivity contribution in [1.82, 2.24) is 5.32 Å². The second kappa shape index (κ2) is 5.83. The number of nitrogens with one attached hydrogen (secondary N) is 1. The Morgan fingerprint density at radius 1 is 1.45 bits per heavy atom. The van der Waals surface area contributed by atoms with E-state index in [9.17, 15) is 9.59 Å². The lowest BCUT2D eigenvalue weighted by molar-refractivity contribution is -0.132. The van der Waals surface area contributed by atoms with Crippen LogP contribution in [-0.2, 0) is 9.59 Å². The molecule has 1 aliphatic heterocycles. The fourth-order valence-corrected chi connectivity index (χ4v) is 2.66. The van der Waals surface area contributed by atoms with Gasteiger partial charge in [0.2, 0.25) is 11.8 Å². The lowest BCUT2D eigenvalue weighted by atomic mass is 9.96. The molecule has 0 aromatic heterocycles. The summed E-state index contributed by atoms with van der Waals surface area (Å²) in [7, 11) is 0. The average Bonchev–Trinajstić information content (AvgIpc) is 2.40. The van der Waals surface area contributed by atoms with E-state index in [1.54, 1.807) is 12.1 Å². The fourth-order valence-electron chi connectivity index (χ4n) is 2.33. The van der Waals surface area contributed by atoms with Gasteiger partial charge in [0.25, 0.3) is 0 Å². The normalized spacial score (nSPS) is 20.8. The van der Waals surface area contributed by atoms with Gasteiger partial charge in [0.1, 0.15) is 12.6 Å². The van der Waals surface area contributed by atoms with Crippen molar-refractivity contribution >= 4 is 29.1 Å². The Hall–Kier alpha value is -1.55. The summed E-state index contributed by atoms with van der Waals surface area (Å²) in [5.74, 6) is -0.144. The first-order valence-corrected chi connectivity index (χ1v) is 7.18. The van der Waals surface area contributed by atoms with Crippen LogP contribution < -0.4 is 10.2 Å². The molecule has 1 N–H and O–H groups in total. The number of anilines is 1. The van der Waals surface area contributed by atoms with Crippen LogP contribution in [0.2, 0.25) is 5.02 Å². The Balaban J connectivity index is 2.35. The van der Waals surface area contributed by atoms with Crippen LogP contribution in [0.15, 0.2) is 18.2 Å². The van der Waals surface area contributed by atoms with Gasteiger partial charge in [-0.25, -0.2) is 0 Å². The molecule has 5 heteroatoms. The van der Waals surface area contributed by atoms with E-state index >= 15 is 0 Å². The molecule has 0 spiro atoms. The van der Waals surface area contributed by atoms with E-state index in [0.29, 0.717) is 10.7 Å². The molecule has 2 atom stereocenters. The summed E-state index contributed by atoms with van der Waals surface area (Å²) in [4.78, 5) is 25.9. The highest BCUT2D eigenvalue weighted by Crippen LogP contribution is 2.29. The van der Waals surface area contributed by atoms with Crippen molar-refractivity contribution in [2.45, 2.75) is 33.2 Å². The zero-order valence-corrected chi connectivity index (χ0v) is 12.7. The van der Waals surface area contributed by atoms with E-state index < -0.39 is 6.04 Å². The number of halogens is 1. The van der Waals surface area contributed by atoms with Crippen molar-refractivity contribution in [1.29, 1.82) is 0 Å². The largest absolute Gasteiger partial charge is 0.342 e. The molecular weight excluding hydrogens is 276 g/mol. The molecule has 0 radical (unpaired) electrons. The van der Waals surface area contributed by atoms with E-state index in [2.05, 4.69) is 5.32 Å². The molecule has 20 heavy (non-hydrogen) atoms. The monoisotopic (exact) mass is 294 g/mol. The Kier molecular flexibility index (Phi) is 4.33. The second-order valence-corrected chi connectivity index (χ2v) is 5.72. The smallest absolute Gasteiger partial charge is 0.250 e.